The van der Waals surface area contributed by atoms with E-state index in [0.717, 1.165) is 6.42 Å². The van der Waals surface area contributed by atoms with E-state index in [1.165, 1.54) is 17.2 Å². The van der Waals surface area contributed by atoms with Gasteiger partial charge in [-0.25, -0.2) is 0 Å². The molecule has 0 aliphatic rings. The molecule has 0 fully saturated rings. The first-order valence-corrected chi connectivity index (χ1v) is 6.80. The van der Waals surface area contributed by atoms with E-state index >= 15 is 0 Å². The summed E-state index contributed by atoms with van der Waals surface area (Å²) in [5.41, 5.74) is 8.36. The molecule has 2 aromatic carbocycles. The Kier molecular flexibility index (Phi) is 4.72. The van der Waals surface area contributed by atoms with E-state index in [1.54, 1.807) is 18.2 Å². The lowest BCUT2D eigenvalue weighted by Crippen LogP contribution is -2.26. The van der Waals surface area contributed by atoms with Crippen LogP contribution in [0.25, 0.3) is 0 Å². The predicted octanol–water partition coefficient (Wildman–Crippen LogP) is 2.07. The Bertz CT molecular complexity index is 648. The van der Waals surface area contributed by atoms with Crippen molar-refractivity contribution in [3.8, 4) is 0 Å². The van der Waals surface area contributed by atoms with Crippen LogP contribution in [0.3, 0.4) is 0 Å². The average molecular weight is 282 g/mol. The second-order valence-electron chi connectivity index (χ2n) is 4.94. The number of nitrogens with two attached hydrogens (primary N) is 1. The minimum Gasteiger partial charge on any atom is -0.366 e. The maximum Gasteiger partial charge on any atom is 0.251 e. The molecule has 0 saturated carbocycles. The molecule has 0 spiro atoms. The van der Waals surface area contributed by atoms with Crippen molar-refractivity contribution in [2.24, 2.45) is 5.73 Å². The minimum absolute atomic E-state index is 0.204. The summed E-state index contributed by atoms with van der Waals surface area (Å²) in [4.78, 5) is 23.1. The Morgan fingerprint density at radius 3 is 2.38 bits per heavy atom. The number of hydrogen-bond acceptors (Lipinski definition) is 2. The Labute approximate surface area is 124 Å². The summed E-state index contributed by atoms with van der Waals surface area (Å²) in [6.45, 7) is 2.58. The average Bonchev–Trinajstić information content (AvgIpc) is 2.49. The first-order chi connectivity index (χ1) is 10.1. The van der Waals surface area contributed by atoms with Crippen molar-refractivity contribution < 1.29 is 9.59 Å². The van der Waals surface area contributed by atoms with Gasteiger partial charge in [0.05, 0.1) is 0 Å². The Balaban J connectivity index is 1.91. The number of primary amides is 1. The van der Waals surface area contributed by atoms with E-state index in [-0.39, 0.29) is 5.91 Å². The summed E-state index contributed by atoms with van der Waals surface area (Å²) in [5, 5.41) is 2.84. The second-order valence-corrected chi connectivity index (χ2v) is 4.94. The van der Waals surface area contributed by atoms with Gasteiger partial charge in [-0.3, -0.25) is 9.59 Å². The van der Waals surface area contributed by atoms with Crippen LogP contribution < -0.4 is 11.1 Å². The van der Waals surface area contributed by atoms with E-state index in [2.05, 4.69) is 17.4 Å². The fourth-order valence-electron chi connectivity index (χ4n) is 1.99. The van der Waals surface area contributed by atoms with Crippen molar-refractivity contribution in [1.82, 2.24) is 5.32 Å². The Hall–Kier alpha value is -2.62. The smallest absolute Gasteiger partial charge is 0.251 e. The van der Waals surface area contributed by atoms with Gasteiger partial charge in [-0.1, -0.05) is 35.9 Å². The number of hydrogen-bond donors (Lipinski definition) is 2. The molecule has 2 amide bonds. The van der Waals surface area contributed by atoms with Crippen LogP contribution in [0.2, 0.25) is 0 Å². The third-order valence-electron chi connectivity index (χ3n) is 3.23. The van der Waals surface area contributed by atoms with Crippen LogP contribution in [-0.2, 0) is 6.42 Å². The van der Waals surface area contributed by atoms with Gasteiger partial charge in [0.1, 0.15) is 0 Å². The predicted molar refractivity (Wildman–Crippen MR) is 82.2 cm³/mol. The normalized spacial score (nSPS) is 10.1. The third kappa shape index (κ3) is 4.18. The molecule has 2 rings (SSSR count). The molecule has 0 bridgehead atoms. The van der Waals surface area contributed by atoms with E-state index < -0.39 is 5.91 Å². The standard InChI is InChI=1S/C17H18N2O2/c1-12-5-7-13(8-6-12)9-10-19-17(21)15-4-2-3-14(11-15)16(18)20/h2-8,11H,9-10H2,1H3,(H2,18,20)(H,19,21). The minimum atomic E-state index is -0.538. The van der Waals surface area contributed by atoms with Crippen LogP contribution >= 0.6 is 0 Å². The summed E-state index contributed by atoms with van der Waals surface area (Å²) >= 11 is 0. The summed E-state index contributed by atoms with van der Waals surface area (Å²) < 4.78 is 0. The molecule has 0 aliphatic carbocycles. The van der Waals surface area contributed by atoms with Crippen molar-refractivity contribution in [2.75, 3.05) is 6.54 Å². The van der Waals surface area contributed by atoms with Crippen LogP contribution in [0.5, 0.6) is 0 Å². The highest BCUT2D eigenvalue weighted by atomic mass is 16.2. The van der Waals surface area contributed by atoms with Gasteiger partial charge in [0.2, 0.25) is 5.91 Å². The highest BCUT2D eigenvalue weighted by Crippen LogP contribution is 2.06. The molecule has 3 N–H and O–H groups in total. The van der Waals surface area contributed by atoms with Crippen LogP contribution in [0.15, 0.2) is 48.5 Å². The van der Waals surface area contributed by atoms with Crippen molar-refractivity contribution in [3.05, 3.63) is 70.8 Å². The Morgan fingerprint density at radius 2 is 1.71 bits per heavy atom. The SMILES string of the molecule is Cc1ccc(CCNC(=O)c2cccc(C(N)=O)c2)cc1. The van der Waals surface area contributed by atoms with Gasteiger partial charge in [-0.2, -0.15) is 0 Å². The Morgan fingerprint density at radius 1 is 1.05 bits per heavy atom. The molecule has 0 atom stereocenters. The van der Waals surface area contributed by atoms with Crippen molar-refractivity contribution >= 4 is 11.8 Å². The number of benzene rings is 2. The maximum atomic E-state index is 12.0. The first-order valence-electron chi connectivity index (χ1n) is 6.80. The lowest BCUT2D eigenvalue weighted by Gasteiger charge is -2.06. The number of amides is 2. The summed E-state index contributed by atoms with van der Waals surface area (Å²) in [6, 6.07) is 14.6. The summed E-state index contributed by atoms with van der Waals surface area (Å²) in [5.74, 6) is -0.741. The fraction of sp³-hybridized carbons (Fsp3) is 0.176. The summed E-state index contributed by atoms with van der Waals surface area (Å²) in [6.07, 6.45) is 0.765. The van der Waals surface area contributed by atoms with Crippen molar-refractivity contribution in [2.45, 2.75) is 13.3 Å². The molecule has 0 aromatic heterocycles. The topological polar surface area (TPSA) is 72.2 Å². The lowest BCUT2D eigenvalue weighted by atomic mass is 10.1. The first kappa shape index (κ1) is 14.8. The van der Waals surface area contributed by atoms with Crippen molar-refractivity contribution in [3.63, 3.8) is 0 Å². The molecule has 4 heteroatoms. The van der Waals surface area contributed by atoms with Gasteiger partial charge in [-0.05, 0) is 37.1 Å². The molecular weight excluding hydrogens is 264 g/mol. The van der Waals surface area contributed by atoms with E-state index in [0.29, 0.717) is 17.7 Å². The number of rotatable bonds is 5. The number of aryl methyl sites for hydroxylation is 1. The monoisotopic (exact) mass is 282 g/mol. The zero-order valence-corrected chi connectivity index (χ0v) is 11.9. The lowest BCUT2D eigenvalue weighted by molar-refractivity contribution is 0.0954. The molecule has 0 unspecified atom stereocenters. The molecule has 0 aliphatic heterocycles. The van der Waals surface area contributed by atoms with E-state index in [1.807, 2.05) is 19.1 Å². The van der Waals surface area contributed by atoms with E-state index in [4.69, 9.17) is 5.73 Å². The van der Waals surface area contributed by atoms with Gasteiger partial charge in [0.25, 0.3) is 5.91 Å². The quantitative estimate of drug-likeness (QED) is 0.881. The van der Waals surface area contributed by atoms with Gasteiger partial charge >= 0.3 is 0 Å². The third-order valence-corrected chi connectivity index (χ3v) is 3.23. The molecule has 108 valence electrons. The van der Waals surface area contributed by atoms with Gasteiger partial charge in [0, 0.05) is 17.7 Å². The van der Waals surface area contributed by atoms with Gasteiger partial charge in [0.15, 0.2) is 0 Å². The van der Waals surface area contributed by atoms with Crippen LogP contribution in [0.4, 0.5) is 0 Å². The van der Waals surface area contributed by atoms with Crippen LogP contribution in [-0.4, -0.2) is 18.4 Å². The highest BCUT2D eigenvalue weighted by Gasteiger charge is 2.07. The zero-order chi connectivity index (χ0) is 15.2. The molecule has 0 saturated heterocycles. The van der Waals surface area contributed by atoms with Gasteiger partial charge < -0.3 is 11.1 Å². The molecule has 0 heterocycles. The highest BCUT2D eigenvalue weighted by molar-refractivity contribution is 5.99. The van der Waals surface area contributed by atoms with Gasteiger partial charge in [-0.15, -0.1) is 0 Å². The van der Waals surface area contributed by atoms with Crippen molar-refractivity contribution in [1.29, 1.82) is 0 Å². The maximum absolute atomic E-state index is 12.0. The molecule has 4 nitrogen and oxygen atoms in total. The molecule has 2 aromatic rings. The zero-order valence-electron chi connectivity index (χ0n) is 11.9. The molecule has 21 heavy (non-hydrogen) atoms. The van der Waals surface area contributed by atoms with E-state index in [9.17, 15) is 9.59 Å². The molecule has 0 radical (unpaired) electrons. The largest absolute Gasteiger partial charge is 0.366 e. The fourth-order valence-corrected chi connectivity index (χ4v) is 1.99. The second kappa shape index (κ2) is 6.70. The molecular formula is C17H18N2O2. The number of carbonyl (C=O) groups excluding carboxylic acids is 2. The number of carbonyl (C=O) groups is 2. The van der Waals surface area contributed by atoms with Crippen LogP contribution in [0, 0.1) is 6.92 Å². The van der Waals surface area contributed by atoms with Crippen LogP contribution in [0.1, 0.15) is 31.8 Å². The summed E-state index contributed by atoms with van der Waals surface area (Å²) in [7, 11) is 0. The number of nitrogens with one attached hydrogen (secondary N) is 1.